The summed E-state index contributed by atoms with van der Waals surface area (Å²) in [6, 6.07) is 0. The molecule has 2 aliphatic rings. The van der Waals surface area contributed by atoms with E-state index in [1.165, 1.54) is 11.8 Å². The lowest BCUT2D eigenvalue weighted by Crippen LogP contribution is -2.41. The maximum absolute atomic E-state index is 12.4. The van der Waals surface area contributed by atoms with Gasteiger partial charge in [0.2, 0.25) is 11.8 Å². The molecule has 0 unspecified atom stereocenters. The highest BCUT2D eigenvalue weighted by molar-refractivity contribution is 8.01. The van der Waals surface area contributed by atoms with Gasteiger partial charge in [-0.05, 0) is 32.1 Å². The van der Waals surface area contributed by atoms with Crippen molar-refractivity contribution in [1.82, 2.24) is 14.8 Å². The minimum absolute atomic E-state index is 0.200. The molecule has 8 heteroatoms. The van der Waals surface area contributed by atoms with Crippen LogP contribution in [0, 0.1) is 12.8 Å². The molecule has 3 heterocycles. The van der Waals surface area contributed by atoms with Crippen LogP contribution in [0.25, 0.3) is 0 Å². The second-order valence-corrected chi connectivity index (χ2v) is 8.98. The number of thiazole rings is 1. The third-order valence-electron chi connectivity index (χ3n) is 5.01. The van der Waals surface area contributed by atoms with Gasteiger partial charge in [0.25, 0.3) is 0 Å². The molecule has 0 atom stereocenters. The van der Waals surface area contributed by atoms with Crippen molar-refractivity contribution in [3.63, 3.8) is 0 Å². The van der Waals surface area contributed by atoms with Gasteiger partial charge in [0.15, 0.2) is 4.34 Å². The largest absolute Gasteiger partial charge is 0.378 e. The van der Waals surface area contributed by atoms with Gasteiger partial charge in [-0.3, -0.25) is 9.59 Å². The van der Waals surface area contributed by atoms with Crippen molar-refractivity contribution in [3.8, 4) is 0 Å². The number of ether oxygens (including phenoxy) is 1. The van der Waals surface area contributed by atoms with Gasteiger partial charge >= 0.3 is 0 Å². The number of carbonyl (C=O) groups is 2. The van der Waals surface area contributed by atoms with Crippen molar-refractivity contribution in [3.05, 3.63) is 11.1 Å². The second kappa shape index (κ2) is 9.71. The fourth-order valence-corrected chi connectivity index (χ4v) is 5.14. The first-order valence-corrected chi connectivity index (χ1v) is 11.2. The summed E-state index contributed by atoms with van der Waals surface area (Å²) >= 11 is 3.13. The van der Waals surface area contributed by atoms with Crippen LogP contribution in [-0.4, -0.2) is 71.7 Å². The summed E-state index contributed by atoms with van der Waals surface area (Å²) in [4.78, 5) is 32.9. The zero-order chi connectivity index (χ0) is 18.4. The summed E-state index contributed by atoms with van der Waals surface area (Å²) in [5.74, 6) is 1.47. The molecular formula is C18H27N3O3S2. The number of hydrogen-bond acceptors (Lipinski definition) is 6. The average Bonchev–Trinajstić information content (AvgIpc) is 3.10. The van der Waals surface area contributed by atoms with Crippen LogP contribution in [0.15, 0.2) is 9.72 Å². The van der Waals surface area contributed by atoms with E-state index in [1.54, 1.807) is 11.3 Å². The fraction of sp³-hybridized carbons (Fsp3) is 0.722. The smallest absolute Gasteiger partial charge is 0.233 e. The number of carbonyl (C=O) groups excluding carboxylic acids is 2. The maximum atomic E-state index is 12.4. The van der Waals surface area contributed by atoms with E-state index in [9.17, 15) is 9.59 Å². The van der Waals surface area contributed by atoms with E-state index in [2.05, 4.69) is 4.98 Å². The van der Waals surface area contributed by atoms with E-state index in [0.717, 1.165) is 55.5 Å². The second-order valence-electron chi connectivity index (χ2n) is 6.90. The van der Waals surface area contributed by atoms with Crippen molar-refractivity contribution in [2.75, 3.05) is 45.1 Å². The number of aromatic nitrogens is 1. The van der Waals surface area contributed by atoms with Crippen LogP contribution in [0.4, 0.5) is 0 Å². The van der Waals surface area contributed by atoms with Gasteiger partial charge < -0.3 is 14.5 Å². The highest BCUT2D eigenvalue weighted by atomic mass is 32.2. The third-order valence-corrected chi connectivity index (χ3v) is 7.14. The van der Waals surface area contributed by atoms with Gasteiger partial charge in [-0.2, -0.15) is 0 Å². The van der Waals surface area contributed by atoms with Crippen LogP contribution in [0.5, 0.6) is 0 Å². The lowest BCUT2D eigenvalue weighted by molar-refractivity contribution is -0.136. The number of hydrogen-bond donors (Lipinski definition) is 0. The maximum Gasteiger partial charge on any atom is 0.233 e. The molecule has 26 heavy (non-hydrogen) atoms. The summed E-state index contributed by atoms with van der Waals surface area (Å²) in [6.45, 7) is 6.36. The summed E-state index contributed by atoms with van der Waals surface area (Å²) in [5, 5.41) is 2.01. The molecule has 2 amide bonds. The minimum Gasteiger partial charge on any atom is -0.378 e. The van der Waals surface area contributed by atoms with E-state index < -0.39 is 0 Å². The van der Waals surface area contributed by atoms with E-state index in [-0.39, 0.29) is 11.8 Å². The number of aryl methyl sites for hydroxylation is 1. The van der Waals surface area contributed by atoms with Gasteiger partial charge in [0, 0.05) is 43.7 Å². The van der Waals surface area contributed by atoms with Crippen LogP contribution in [0.3, 0.4) is 0 Å². The zero-order valence-electron chi connectivity index (χ0n) is 15.3. The number of nitrogens with zero attached hydrogens (tertiary/aromatic N) is 3. The monoisotopic (exact) mass is 397 g/mol. The predicted molar refractivity (Wildman–Crippen MR) is 104 cm³/mol. The molecule has 6 nitrogen and oxygen atoms in total. The van der Waals surface area contributed by atoms with Crippen LogP contribution >= 0.6 is 23.1 Å². The van der Waals surface area contributed by atoms with Crippen LogP contribution < -0.4 is 0 Å². The molecule has 3 rings (SSSR count). The van der Waals surface area contributed by atoms with Crippen molar-refractivity contribution >= 4 is 34.9 Å². The molecule has 144 valence electrons. The molecule has 2 fully saturated rings. The van der Waals surface area contributed by atoms with E-state index in [4.69, 9.17) is 4.74 Å². The van der Waals surface area contributed by atoms with E-state index in [0.29, 0.717) is 31.3 Å². The Kier molecular flexibility index (Phi) is 7.33. The molecule has 1 aromatic rings. The van der Waals surface area contributed by atoms with Crippen molar-refractivity contribution in [1.29, 1.82) is 0 Å². The molecule has 0 radical (unpaired) electrons. The molecule has 0 spiro atoms. The van der Waals surface area contributed by atoms with Gasteiger partial charge in [-0.25, -0.2) is 4.98 Å². The Labute approximate surface area is 163 Å². The van der Waals surface area contributed by atoms with Gasteiger partial charge in [-0.1, -0.05) is 11.8 Å². The van der Waals surface area contributed by atoms with Crippen LogP contribution in [0.1, 0.15) is 31.4 Å². The lowest BCUT2D eigenvalue weighted by Gasteiger charge is -2.32. The normalized spacial score (nSPS) is 19.0. The number of piperidine rings is 1. The summed E-state index contributed by atoms with van der Waals surface area (Å²) in [5.41, 5.74) is 1.01. The molecule has 0 aromatic carbocycles. The van der Waals surface area contributed by atoms with Gasteiger partial charge in [0.1, 0.15) is 0 Å². The third kappa shape index (κ3) is 5.69. The lowest BCUT2D eigenvalue weighted by atomic mass is 9.92. The Morgan fingerprint density at radius 3 is 2.54 bits per heavy atom. The van der Waals surface area contributed by atoms with Crippen molar-refractivity contribution in [2.45, 2.75) is 36.9 Å². The number of likely N-dealkylation sites (tertiary alicyclic amines) is 1. The zero-order valence-corrected chi connectivity index (χ0v) is 16.9. The summed E-state index contributed by atoms with van der Waals surface area (Å²) < 4.78 is 6.26. The van der Waals surface area contributed by atoms with Crippen molar-refractivity contribution in [2.24, 2.45) is 5.92 Å². The Balaban J connectivity index is 1.33. The Morgan fingerprint density at radius 2 is 1.88 bits per heavy atom. The van der Waals surface area contributed by atoms with Crippen molar-refractivity contribution < 1.29 is 14.3 Å². The molecule has 0 N–H and O–H groups in total. The first-order valence-electron chi connectivity index (χ1n) is 9.30. The number of thioether (sulfide) groups is 1. The average molecular weight is 398 g/mol. The first-order chi connectivity index (χ1) is 12.6. The van der Waals surface area contributed by atoms with Gasteiger partial charge in [0.05, 0.1) is 19.0 Å². The summed E-state index contributed by atoms with van der Waals surface area (Å²) in [6.07, 6.45) is 3.57. The highest BCUT2D eigenvalue weighted by Crippen LogP contribution is 2.25. The predicted octanol–water partition coefficient (Wildman–Crippen LogP) is 2.42. The number of morpholine rings is 1. The topological polar surface area (TPSA) is 62.7 Å². The Bertz CT molecular complexity index is 609. The fourth-order valence-electron chi connectivity index (χ4n) is 3.38. The molecule has 2 aliphatic heterocycles. The summed E-state index contributed by atoms with van der Waals surface area (Å²) in [7, 11) is 0. The standard InChI is InChI=1S/C18H27N3O3S2/c1-14-12-25-18(19-14)26-13-17(23)20-6-4-15(5-7-20)2-3-16(22)21-8-10-24-11-9-21/h12,15H,2-11,13H2,1H3. The van der Waals surface area contributed by atoms with Gasteiger partial charge in [-0.15, -0.1) is 11.3 Å². The molecule has 1 aromatic heterocycles. The van der Waals surface area contributed by atoms with Crippen LogP contribution in [-0.2, 0) is 14.3 Å². The minimum atomic E-state index is 0.200. The molecular weight excluding hydrogens is 370 g/mol. The molecule has 0 aliphatic carbocycles. The highest BCUT2D eigenvalue weighted by Gasteiger charge is 2.24. The SMILES string of the molecule is Cc1csc(SCC(=O)N2CCC(CCC(=O)N3CCOCC3)CC2)n1. The Hall–Kier alpha value is -1.12. The number of amides is 2. The molecule has 0 bridgehead atoms. The van der Waals surface area contributed by atoms with Crippen LogP contribution in [0.2, 0.25) is 0 Å². The molecule has 0 saturated carbocycles. The van der Waals surface area contributed by atoms with E-state index in [1.807, 2.05) is 22.1 Å². The Morgan fingerprint density at radius 1 is 1.19 bits per heavy atom. The van der Waals surface area contributed by atoms with E-state index >= 15 is 0 Å². The number of rotatable bonds is 6. The first kappa shape index (κ1) is 19.6. The quantitative estimate of drug-likeness (QED) is 0.690. The molecule has 2 saturated heterocycles.